The lowest BCUT2D eigenvalue weighted by Crippen LogP contribution is -2.29. The molecule has 2 aliphatic rings. The van der Waals surface area contributed by atoms with Gasteiger partial charge in [-0.2, -0.15) is 0 Å². The van der Waals surface area contributed by atoms with E-state index in [-0.39, 0.29) is 5.97 Å². The number of carbonyl (C=O) groups is 1. The second-order valence-electron chi connectivity index (χ2n) is 4.67. The summed E-state index contributed by atoms with van der Waals surface area (Å²) in [5, 5.41) is 3.54. The summed E-state index contributed by atoms with van der Waals surface area (Å²) in [6.07, 6.45) is 7.78. The van der Waals surface area contributed by atoms with Gasteiger partial charge in [-0.15, -0.1) is 0 Å². The van der Waals surface area contributed by atoms with Crippen LogP contribution in [0.2, 0.25) is 0 Å². The Morgan fingerprint density at radius 1 is 1.50 bits per heavy atom. The zero-order valence-corrected chi connectivity index (χ0v) is 10.00. The Hall–Kier alpha value is -0.830. The third kappa shape index (κ3) is 2.64. The third-order valence-electron chi connectivity index (χ3n) is 3.63. The van der Waals surface area contributed by atoms with E-state index in [9.17, 15) is 4.79 Å². The van der Waals surface area contributed by atoms with Crippen molar-refractivity contribution in [1.82, 2.24) is 5.32 Å². The van der Waals surface area contributed by atoms with Gasteiger partial charge in [0, 0.05) is 12.1 Å². The van der Waals surface area contributed by atoms with Crippen LogP contribution in [0.4, 0.5) is 0 Å². The van der Waals surface area contributed by atoms with Crippen LogP contribution in [-0.4, -0.2) is 25.2 Å². The smallest absolute Gasteiger partial charge is 0.330 e. The van der Waals surface area contributed by atoms with Crippen LogP contribution in [0.1, 0.15) is 39.0 Å². The first-order chi connectivity index (χ1) is 7.81. The van der Waals surface area contributed by atoms with E-state index >= 15 is 0 Å². The van der Waals surface area contributed by atoms with E-state index in [4.69, 9.17) is 4.74 Å². The summed E-state index contributed by atoms with van der Waals surface area (Å²) in [7, 11) is 0. The van der Waals surface area contributed by atoms with Crippen LogP contribution < -0.4 is 5.32 Å². The average Bonchev–Trinajstić information content (AvgIpc) is 2.86. The highest BCUT2D eigenvalue weighted by atomic mass is 16.5. The summed E-state index contributed by atoms with van der Waals surface area (Å²) >= 11 is 0. The van der Waals surface area contributed by atoms with Gasteiger partial charge in [-0.1, -0.05) is 5.57 Å². The summed E-state index contributed by atoms with van der Waals surface area (Å²) in [6.45, 7) is 3.45. The number of hydrogen-bond donors (Lipinski definition) is 1. The lowest BCUT2D eigenvalue weighted by atomic mass is 9.92. The highest BCUT2D eigenvalue weighted by Gasteiger charge is 2.31. The Balaban J connectivity index is 1.99. The van der Waals surface area contributed by atoms with Crippen LogP contribution in [0, 0.1) is 5.92 Å². The lowest BCUT2D eigenvalue weighted by Gasteiger charge is -2.20. The summed E-state index contributed by atoms with van der Waals surface area (Å²) in [6, 6.07) is 0.600. The van der Waals surface area contributed by atoms with Crippen molar-refractivity contribution in [1.29, 1.82) is 0 Å². The molecule has 1 heterocycles. The van der Waals surface area contributed by atoms with E-state index < -0.39 is 0 Å². The van der Waals surface area contributed by atoms with Gasteiger partial charge in [0.25, 0.3) is 0 Å². The van der Waals surface area contributed by atoms with Gasteiger partial charge < -0.3 is 10.1 Å². The van der Waals surface area contributed by atoms with Crippen LogP contribution in [0.25, 0.3) is 0 Å². The monoisotopic (exact) mass is 223 g/mol. The fourth-order valence-electron chi connectivity index (χ4n) is 2.93. The zero-order chi connectivity index (χ0) is 11.4. The molecule has 2 atom stereocenters. The summed E-state index contributed by atoms with van der Waals surface area (Å²) in [5.41, 5.74) is 1.30. The molecular weight excluding hydrogens is 202 g/mol. The first-order valence-electron chi connectivity index (χ1n) is 6.42. The van der Waals surface area contributed by atoms with Gasteiger partial charge in [-0.3, -0.25) is 0 Å². The van der Waals surface area contributed by atoms with Crippen molar-refractivity contribution < 1.29 is 9.53 Å². The van der Waals surface area contributed by atoms with Crippen LogP contribution in [0.3, 0.4) is 0 Å². The van der Waals surface area contributed by atoms with Crippen molar-refractivity contribution in [2.75, 3.05) is 13.2 Å². The number of ether oxygens (including phenoxy) is 1. The molecule has 1 N–H and O–H groups in total. The van der Waals surface area contributed by atoms with Gasteiger partial charge in [0.15, 0.2) is 0 Å². The molecule has 0 aromatic rings. The van der Waals surface area contributed by atoms with Crippen molar-refractivity contribution in [2.24, 2.45) is 5.92 Å². The molecule has 0 aromatic carbocycles. The Morgan fingerprint density at radius 3 is 3.06 bits per heavy atom. The summed E-state index contributed by atoms with van der Waals surface area (Å²) in [5.74, 6) is 0.411. The minimum atomic E-state index is -0.164. The number of esters is 1. The third-order valence-corrected chi connectivity index (χ3v) is 3.63. The molecule has 0 aromatic heterocycles. The van der Waals surface area contributed by atoms with Crippen molar-refractivity contribution in [3.05, 3.63) is 11.6 Å². The Morgan fingerprint density at radius 2 is 2.38 bits per heavy atom. The molecule has 1 aliphatic carbocycles. The first kappa shape index (κ1) is 11.6. The highest BCUT2D eigenvalue weighted by Crippen LogP contribution is 2.36. The van der Waals surface area contributed by atoms with Gasteiger partial charge in [0.1, 0.15) is 0 Å². The van der Waals surface area contributed by atoms with Crippen molar-refractivity contribution in [2.45, 2.75) is 45.1 Å². The zero-order valence-electron chi connectivity index (χ0n) is 10.00. The molecule has 0 bridgehead atoms. The molecule has 3 nitrogen and oxygen atoms in total. The molecule has 2 unspecified atom stereocenters. The summed E-state index contributed by atoms with van der Waals surface area (Å²) in [4.78, 5) is 11.4. The van der Waals surface area contributed by atoms with Gasteiger partial charge >= 0.3 is 5.97 Å². The minimum absolute atomic E-state index is 0.164. The molecule has 1 aliphatic heterocycles. The molecule has 2 rings (SSSR count). The Labute approximate surface area is 97.2 Å². The van der Waals surface area contributed by atoms with E-state index in [2.05, 4.69) is 5.32 Å². The Kier molecular flexibility index (Phi) is 3.99. The molecule has 1 saturated carbocycles. The second kappa shape index (κ2) is 5.48. The van der Waals surface area contributed by atoms with Crippen LogP contribution in [0.15, 0.2) is 11.6 Å². The normalized spacial score (nSPS) is 32.2. The van der Waals surface area contributed by atoms with E-state index in [1.54, 1.807) is 6.08 Å². The maximum absolute atomic E-state index is 11.4. The second-order valence-corrected chi connectivity index (χ2v) is 4.67. The quantitative estimate of drug-likeness (QED) is 0.587. The molecule has 1 saturated heterocycles. The van der Waals surface area contributed by atoms with Crippen LogP contribution >= 0.6 is 0 Å². The van der Waals surface area contributed by atoms with Gasteiger partial charge in [0.2, 0.25) is 0 Å². The van der Waals surface area contributed by atoms with Crippen LogP contribution in [-0.2, 0) is 9.53 Å². The molecular formula is C13H21NO2. The molecule has 90 valence electrons. The topological polar surface area (TPSA) is 38.3 Å². The fourth-order valence-corrected chi connectivity index (χ4v) is 2.93. The van der Waals surface area contributed by atoms with E-state index in [1.807, 2.05) is 6.92 Å². The van der Waals surface area contributed by atoms with Crippen molar-refractivity contribution in [3.8, 4) is 0 Å². The Bertz CT molecular complexity index is 280. The van der Waals surface area contributed by atoms with Crippen molar-refractivity contribution in [3.63, 3.8) is 0 Å². The number of hydrogen-bond acceptors (Lipinski definition) is 3. The summed E-state index contributed by atoms with van der Waals surface area (Å²) < 4.78 is 4.98. The van der Waals surface area contributed by atoms with Crippen molar-refractivity contribution >= 4 is 5.97 Å². The maximum Gasteiger partial charge on any atom is 0.330 e. The number of carbonyl (C=O) groups excluding carboxylic acids is 1. The highest BCUT2D eigenvalue weighted by molar-refractivity contribution is 5.83. The fraction of sp³-hybridized carbons (Fsp3) is 0.769. The first-order valence-corrected chi connectivity index (χ1v) is 6.42. The van der Waals surface area contributed by atoms with Gasteiger partial charge in [-0.05, 0) is 51.5 Å². The number of nitrogens with one attached hydrogen (secondary N) is 1. The van der Waals surface area contributed by atoms with E-state index in [1.165, 1.54) is 31.3 Å². The standard InChI is InChI=1S/C13H21NO2/c1-2-16-13(15)9-10-5-3-6-11(10)12-7-4-8-14-12/h9,11-12,14H,2-8H2,1H3/b10-9-. The predicted octanol–water partition coefficient (Wildman–Crippen LogP) is 2.03. The average molecular weight is 223 g/mol. The molecule has 0 amide bonds. The molecule has 2 fully saturated rings. The van der Waals surface area contributed by atoms with E-state index in [0.717, 1.165) is 13.0 Å². The van der Waals surface area contributed by atoms with E-state index in [0.29, 0.717) is 18.6 Å². The molecule has 16 heavy (non-hydrogen) atoms. The minimum Gasteiger partial charge on any atom is -0.463 e. The van der Waals surface area contributed by atoms with Crippen LogP contribution in [0.5, 0.6) is 0 Å². The maximum atomic E-state index is 11.4. The number of rotatable bonds is 3. The molecule has 0 spiro atoms. The van der Waals surface area contributed by atoms with Gasteiger partial charge in [0.05, 0.1) is 6.61 Å². The SMILES string of the molecule is CCOC(=O)/C=C1/CCCC1C1CCCN1. The lowest BCUT2D eigenvalue weighted by molar-refractivity contribution is -0.137. The molecule has 3 heteroatoms. The largest absolute Gasteiger partial charge is 0.463 e. The van der Waals surface area contributed by atoms with Gasteiger partial charge in [-0.25, -0.2) is 4.79 Å². The predicted molar refractivity (Wildman–Crippen MR) is 63.1 cm³/mol. The molecule has 0 radical (unpaired) electrons.